The lowest BCUT2D eigenvalue weighted by molar-refractivity contribution is 0.357. The molecule has 0 saturated carbocycles. The molecule has 1 heterocycles. The monoisotopic (exact) mass is 260 g/mol. The Balaban J connectivity index is 2.23. The van der Waals surface area contributed by atoms with Crippen LogP contribution in [0, 0.1) is 6.92 Å². The van der Waals surface area contributed by atoms with Crippen LogP contribution in [0.15, 0.2) is 18.2 Å². The topological polar surface area (TPSA) is 12.5 Å². The van der Waals surface area contributed by atoms with E-state index in [0.29, 0.717) is 18.1 Å². The van der Waals surface area contributed by atoms with Gasteiger partial charge in [-0.25, -0.2) is 0 Å². The van der Waals surface area contributed by atoms with Gasteiger partial charge < -0.3 is 4.74 Å². The second-order valence-electron chi connectivity index (χ2n) is 7.04. The Kier molecular flexibility index (Phi) is 4.06. The van der Waals surface area contributed by atoms with Crippen molar-refractivity contribution < 1.29 is 4.74 Å². The van der Waals surface area contributed by atoms with Crippen LogP contribution in [0.1, 0.15) is 70.1 Å². The van der Waals surface area contributed by atoms with Crippen molar-refractivity contribution in [1.82, 2.24) is 0 Å². The summed E-state index contributed by atoms with van der Waals surface area (Å²) in [5.74, 6) is 0.636. The van der Waals surface area contributed by atoms with Crippen molar-refractivity contribution in [2.75, 3.05) is 0 Å². The maximum absolute atomic E-state index is 5.59. The molecule has 0 spiro atoms. The van der Waals surface area contributed by atoms with Gasteiger partial charge in [0.1, 0.15) is 0 Å². The maximum atomic E-state index is 5.59. The number of rotatable bonds is 4. The van der Waals surface area contributed by atoms with Crippen LogP contribution in [0.5, 0.6) is 0 Å². The average molecular weight is 260 g/mol. The summed E-state index contributed by atoms with van der Waals surface area (Å²) in [6.45, 7) is 13.6. The zero-order valence-electron chi connectivity index (χ0n) is 13.3. The Hall–Kier alpha value is -0.820. The molecule has 19 heavy (non-hydrogen) atoms. The van der Waals surface area contributed by atoms with Crippen molar-refractivity contribution in [3.05, 3.63) is 34.9 Å². The first kappa shape index (κ1) is 14.6. The minimum atomic E-state index is 0.224. The lowest BCUT2D eigenvalue weighted by atomic mass is 9.80. The molecule has 3 atom stereocenters. The van der Waals surface area contributed by atoms with Crippen LogP contribution in [0.3, 0.4) is 0 Å². The minimum Gasteiger partial charge on any atom is -0.370 e. The molecule has 106 valence electrons. The van der Waals surface area contributed by atoms with E-state index >= 15 is 0 Å². The standard InChI is InChI=1S/C18H28O/c1-7-14(11-17-13(3)19-17)15-9-8-12(2)16(10-15)18(4,5)6/h8-10,13-14,17H,7,11H2,1-6H3. The van der Waals surface area contributed by atoms with Crippen molar-refractivity contribution in [1.29, 1.82) is 0 Å². The number of benzene rings is 1. The van der Waals surface area contributed by atoms with Gasteiger partial charge in [-0.15, -0.1) is 0 Å². The Morgan fingerprint density at radius 2 is 1.89 bits per heavy atom. The van der Waals surface area contributed by atoms with Gasteiger partial charge in [0.2, 0.25) is 0 Å². The Bertz CT molecular complexity index is 441. The van der Waals surface area contributed by atoms with E-state index in [9.17, 15) is 0 Å². The Morgan fingerprint density at radius 3 is 2.37 bits per heavy atom. The molecule has 0 amide bonds. The molecular formula is C18H28O. The van der Waals surface area contributed by atoms with Gasteiger partial charge in [0, 0.05) is 0 Å². The minimum absolute atomic E-state index is 0.224. The predicted molar refractivity (Wildman–Crippen MR) is 81.9 cm³/mol. The summed E-state index contributed by atoms with van der Waals surface area (Å²) in [7, 11) is 0. The van der Waals surface area contributed by atoms with E-state index in [4.69, 9.17) is 4.74 Å². The van der Waals surface area contributed by atoms with Gasteiger partial charge in [0.25, 0.3) is 0 Å². The first-order valence-corrected chi connectivity index (χ1v) is 7.59. The van der Waals surface area contributed by atoms with Gasteiger partial charge in [-0.1, -0.05) is 45.9 Å². The molecule has 1 heteroatoms. The molecule has 1 nitrogen and oxygen atoms in total. The van der Waals surface area contributed by atoms with Crippen molar-refractivity contribution in [3.8, 4) is 0 Å². The maximum Gasteiger partial charge on any atom is 0.0844 e. The van der Waals surface area contributed by atoms with Crippen molar-refractivity contribution >= 4 is 0 Å². The molecule has 1 aliphatic heterocycles. The lowest BCUT2D eigenvalue weighted by Crippen LogP contribution is -2.14. The summed E-state index contributed by atoms with van der Waals surface area (Å²) in [6, 6.07) is 7.03. The number of aryl methyl sites for hydroxylation is 1. The third-order valence-electron chi connectivity index (χ3n) is 4.39. The third-order valence-corrected chi connectivity index (χ3v) is 4.39. The van der Waals surface area contributed by atoms with E-state index in [1.54, 1.807) is 0 Å². The molecule has 0 bridgehead atoms. The molecule has 1 aromatic rings. The van der Waals surface area contributed by atoms with E-state index in [-0.39, 0.29) is 5.41 Å². The van der Waals surface area contributed by atoms with Crippen LogP contribution < -0.4 is 0 Å². The number of ether oxygens (including phenoxy) is 1. The number of hydrogen-bond donors (Lipinski definition) is 0. The summed E-state index contributed by atoms with van der Waals surface area (Å²) in [5.41, 5.74) is 4.60. The first-order chi connectivity index (χ1) is 8.82. The van der Waals surface area contributed by atoms with Crippen LogP contribution in [0.25, 0.3) is 0 Å². The third kappa shape index (κ3) is 3.39. The van der Waals surface area contributed by atoms with Crippen LogP contribution in [-0.2, 0) is 10.2 Å². The summed E-state index contributed by atoms with van der Waals surface area (Å²) in [5, 5.41) is 0. The van der Waals surface area contributed by atoms with E-state index in [1.165, 1.54) is 29.5 Å². The Labute approximate surface area is 118 Å². The fourth-order valence-electron chi connectivity index (χ4n) is 3.00. The molecule has 0 aromatic heterocycles. The van der Waals surface area contributed by atoms with Crippen molar-refractivity contribution in [3.63, 3.8) is 0 Å². The molecule has 1 aliphatic rings. The fraction of sp³-hybridized carbons (Fsp3) is 0.667. The second-order valence-corrected chi connectivity index (χ2v) is 7.04. The largest absolute Gasteiger partial charge is 0.370 e. The van der Waals surface area contributed by atoms with E-state index < -0.39 is 0 Å². The molecule has 2 rings (SSSR count). The summed E-state index contributed by atoms with van der Waals surface area (Å²) in [6.07, 6.45) is 3.33. The SMILES string of the molecule is CCC(CC1OC1C)c1ccc(C)c(C(C)(C)C)c1. The number of epoxide rings is 1. The molecule has 0 radical (unpaired) electrons. The van der Waals surface area contributed by atoms with E-state index in [1.807, 2.05) is 0 Å². The van der Waals surface area contributed by atoms with Crippen LogP contribution in [0.2, 0.25) is 0 Å². The van der Waals surface area contributed by atoms with Gasteiger partial charge in [0.05, 0.1) is 12.2 Å². The highest BCUT2D eigenvalue weighted by atomic mass is 16.6. The Morgan fingerprint density at radius 1 is 1.26 bits per heavy atom. The molecule has 0 N–H and O–H groups in total. The molecule has 1 fully saturated rings. The lowest BCUT2D eigenvalue weighted by Gasteiger charge is -2.24. The van der Waals surface area contributed by atoms with Crippen LogP contribution in [-0.4, -0.2) is 12.2 Å². The highest BCUT2D eigenvalue weighted by Crippen LogP contribution is 2.36. The second kappa shape index (κ2) is 5.28. The predicted octanol–water partition coefficient (Wildman–Crippen LogP) is 4.96. The zero-order valence-corrected chi connectivity index (χ0v) is 13.3. The summed E-state index contributed by atoms with van der Waals surface area (Å²) >= 11 is 0. The summed E-state index contributed by atoms with van der Waals surface area (Å²) < 4.78 is 5.59. The number of hydrogen-bond acceptors (Lipinski definition) is 1. The van der Waals surface area contributed by atoms with Crippen molar-refractivity contribution in [2.24, 2.45) is 0 Å². The molecule has 1 saturated heterocycles. The smallest absolute Gasteiger partial charge is 0.0844 e. The normalized spacial score (nSPS) is 24.3. The molecular weight excluding hydrogens is 232 g/mol. The van der Waals surface area contributed by atoms with Gasteiger partial charge >= 0.3 is 0 Å². The van der Waals surface area contributed by atoms with Gasteiger partial charge in [0.15, 0.2) is 0 Å². The van der Waals surface area contributed by atoms with Crippen LogP contribution >= 0.6 is 0 Å². The molecule has 3 unspecified atom stereocenters. The highest BCUT2D eigenvalue weighted by Gasteiger charge is 2.36. The first-order valence-electron chi connectivity index (χ1n) is 7.59. The molecule has 0 aliphatic carbocycles. The summed E-state index contributed by atoms with van der Waals surface area (Å²) in [4.78, 5) is 0. The van der Waals surface area contributed by atoms with Crippen molar-refractivity contribution in [2.45, 2.75) is 77.9 Å². The quantitative estimate of drug-likeness (QED) is 0.697. The average Bonchev–Trinajstić information content (AvgIpc) is 3.01. The van der Waals surface area contributed by atoms with Gasteiger partial charge in [-0.2, -0.15) is 0 Å². The highest BCUT2D eigenvalue weighted by molar-refractivity contribution is 5.37. The zero-order chi connectivity index (χ0) is 14.2. The van der Waals surface area contributed by atoms with Gasteiger partial charge in [-0.3, -0.25) is 0 Å². The van der Waals surface area contributed by atoms with Gasteiger partial charge in [-0.05, 0) is 54.7 Å². The molecule has 1 aromatic carbocycles. The van der Waals surface area contributed by atoms with E-state index in [0.717, 1.165) is 0 Å². The fourth-order valence-corrected chi connectivity index (χ4v) is 3.00. The van der Waals surface area contributed by atoms with Crippen LogP contribution in [0.4, 0.5) is 0 Å². The van der Waals surface area contributed by atoms with E-state index in [2.05, 4.69) is 59.7 Å².